The Labute approximate surface area is 119 Å². The van der Waals surface area contributed by atoms with Crippen LogP contribution >= 0.6 is 0 Å². The normalized spacial score (nSPS) is 11.3. The molecule has 1 aromatic carbocycles. The second-order valence-corrected chi connectivity index (χ2v) is 6.01. The predicted octanol–water partition coefficient (Wildman–Crippen LogP) is 1.76. The Bertz CT molecular complexity index is 785. The summed E-state index contributed by atoms with van der Waals surface area (Å²) in [7, 11) is -3.95. The van der Waals surface area contributed by atoms with Crippen molar-refractivity contribution in [1.82, 2.24) is 5.16 Å². The molecule has 2 N–H and O–H groups in total. The van der Waals surface area contributed by atoms with E-state index in [0.717, 1.165) is 18.2 Å². The van der Waals surface area contributed by atoms with Crippen LogP contribution < -0.4 is 4.72 Å². The molecule has 1 heterocycles. The van der Waals surface area contributed by atoms with Gasteiger partial charge in [-0.1, -0.05) is 5.16 Å². The van der Waals surface area contributed by atoms with Gasteiger partial charge >= 0.3 is 5.97 Å². The van der Waals surface area contributed by atoms with Crippen LogP contribution in [0.5, 0.6) is 0 Å². The van der Waals surface area contributed by atoms with Gasteiger partial charge in [0, 0.05) is 6.07 Å². The first-order valence-corrected chi connectivity index (χ1v) is 7.37. The van der Waals surface area contributed by atoms with E-state index in [2.05, 4.69) is 5.16 Å². The molecule has 0 fully saturated rings. The summed E-state index contributed by atoms with van der Waals surface area (Å²) >= 11 is 0. The molecule has 2 rings (SSSR count). The van der Waals surface area contributed by atoms with E-state index >= 15 is 0 Å². The molecule has 0 spiro atoms. The number of aromatic nitrogens is 1. The molecule has 2 aromatic rings. The molecule has 0 amide bonds. The number of aryl methyl sites for hydroxylation is 1. The molecule has 0 bridgehead atoms. The molecular formula is C12H11FN2O5S. The van der Waals surface area contributed by atoms with Crippen LogP contribution in [-0.4, -0.2) is 24.7 Å². The van der Waals surface area contributed by atoms with Crippen LogP contribution in [0.2, 0.25) is 0 Å². The molecular weight excluding hydrogens is 303 g/mol. The maximum Gasteiger partial charge on any atom is 0.337 e. The van der Waals surface area contributed by atoms with Gasteiger partial charge in [0.1, 0.15) is 23.0 Å². The van der Waals surface area contributed by atoms with Crippen LogP contribution in [0.15, 0.2) is 28.8 Å². The third-order valence-electron chi connectivity index (χ3n) is 2.49. The van der Waals surface area contributed by atoms with Gasteiger partial charge in [0.2, 0.25) is 10.0 Å². The molecule has 9 heteroatoms. The van der Waals surface area contributed by atoms with E-state index in [1.165, 1.54) is 6.07 Å². The number of rotatable bonds is 5. The van der Waals surface area contributed by atoms with Crippen LogP contribution in [-0.2, 0) is 15.8 Å². The third kappa shape index (κ3) is 3.78. The summed E-state index contributed by atoms with van der Waals surface area (Å²) in [4.78, 5) is 11.0. The van der Waals surface area contributed by atoms with Crippen LogP contribution in [0, 0.1) is 12.7 Å². The van der Waals surface area contributed by atoms with Crippen molar-refractivity contribution in [2.24, 2.45) is 0 Å². The molecule has 0 saturated heterocycles. The highest BCUT2D eigenvalue weighted by molar-refractivity contribution is 7.91. The van der Waals surface area contributed by atoms with Gasteiger partial charge in [0.25, 0.3) is 0 Å². The topological polar surface area (TPSA) is 110 Å². The number of hydrogen-bond donors (Lipinski definition) is 2. The average Bonchev–Trinajstić information content (AvgIpc) is 2.72. The van der Waals surface area contributed by atoms with Crippen molar-refractivity contribution in [3.63, 3.8) is 0 Å². The highest BCUT2D eigenvalue weighted by Crippen LogP contribution is 2.20. The maximum absolute atomic E-state index is 13.2. The highest BCUT2D eigenvalue weighted by Gasteiger charge is 2.19. The van der Waals surface area contributed by atoms with Gasteiger partial charge < -0.3 is 9.63 Å². The van der Waals surface area contributed by atoms with Gasteiger partial charge in [-0.3, -0.25) is 4.72 Å². The summed E-state index contributed by atoms with van der Waals surface area (Å²) in [6, 6.07) is 4.15. The number of halogens is 1. The number of anilines is 1. The first-order chi connectivity index (χ1) is 9.77. The SMILES string of the molecule is Cc1cc(CS(=O)(=O)Nc2cc(F)ccc2C(=O)O)no1. The Morgan fingerprint density at radius 2 is 2.14 bits per heavy atom. The lowest BCUT2D eigenvalue weighted by Gasteiger charge is -2.09. The predicted molar refractivity (Wildman–Crippen MR) is 70.8 cm³/mol. The molecule has 21 heavy (non-hydrogen) atoms. The summed E-state index contributed by atoms with van der Waals surface area (Å²) in [5.41, 5.74) is -0.535. The molecule has 0 aliphatic carbocycles. The van der Waals surface area contributed by atoms with E-state index in [1.807, 2.05) is 4.72 Å². The van der Waals surface area contributed by atoms with Gasteiger partial charge in [-0.2, -0.15) is 0 Å². The van der Waals surface area contributed by atoms with Crippen molar-refractivity contribution >= 4 is 21.7 Å². The molecule has 0 radical (unpaired) electrons. The van der Waals surface area contributed by atoms with Crippen molar-refractivity contribution in [2.45, 2.75) is 12.7 Å². The van der Waals surface area contributed by atoms with E-state index in [0.29, 0.717) is 5.76 Å². The molecule has 112 valence electrons. The number of sulfonamides is 1. The van der Waals surface area contributed by atoms with Crippen molar-refractivity contribution in [1.29, 1.82) is 0 Å². The Kier molecular flexibility index (Phi) is 3.94. The lowest BCUT2D eigenvalue weighted by atomic mass is 10.2. The van der Waals surface area contributed by atoms with Gasteiger partial charge in [0.05, 0.1) is 11.3 Å². The van der Waals surface area contributed by atoms with Gasteiger partial charge in [0.15, 0.2) is 0 Å². The number of benzene rings is 1. The number of nitrogens with one attached hydrogen (secondary N) is 1. The minimum atomic E-state index is -3.95. The minimum Gasteiger partial charge on any atom is -0.478 e. The first-order valence-electron chi connectivity index (χ1n) is 5.72. The second kappa shape index (κ2) is 5.52. The number of carboxylic acid groups (broad SMARTS) is 1. The lowest BCUT2D eigenvalue weighted by Crippen LogP contribution is -2.17. The van der Waals surface area contributed by atoms with Gasteiger partial charge in [-0.15, -0.1) is 0 Å². The summed E-state index contributed by atoms with van der Waals surface area (Å²) in [6.07, 6.45) is 0. The molecule has 1 aromatic heterocycles. The fourth-order valence-electron chi connectivity index (χ4n) is 1.67. The van der Waals surface area contributed by atoms with Crippen LogP contribution in [0.1, 0.15) is 21.8 Å². The standard InChI is InChI=1S/C12H11FN2O5S/c1-7-4-9(14-20-7)6-21(18,19)15-11-5-8(13)2-3-10(11)12(16)17/h2-5,15H,6H2,1H3,(H,16,17). The first kappa shape index (κ1) is 15.0. The van der Waals surface area contributed by atoms with E-state index in [-0.39, 0.29) is 16.9 Å². The zero-order valence-electron chi connectivity index (χ0n) is 10.8. The quantitative estimate of drug-likeness (QED) is 0.870. The number of aromatic carboxylic acids is 1. The summed E-state index contributed by atoms with van der Waals surface area (Å²) in [5.74, 6) is -2.20. The minimum absolute atomic E-state index is 0.160. The zero-order chi connectivity index (χ0) is 15.6. The van der Waals surface area contributed by atoms with Crippen molar-refractivity contribution in [3.8, 4) is 0 Å². The summed E-state index contributed by atoms with van der Waals surface area (Å²) in [5, 5.41) is 12.5. The van der Waals surface area contributed by atoms with E-state index < -0.39 is 27.6 Å². The average molecular weight is 314 g/mol. The largest absolute Gasteiger partial charge is 0.478 e. The lowest BCUT2D eigenvalue weighted by molar-refractivity contribution is 0.0698. The Balaban J connectivity index is 2.28. The van der Waals surface area contributed by atoms with E-state index in [9.17, 15) is 17.6 Å². The van der Waals surface area contributed by atoms with Gasteiger partial charge in [-0.05, 0) is 25.1 Å². The molecule has 0 atom stereocenters. The second-order valence-electron chi connectivity index (χ2n) is 4.29. The number of nitrogens with zero attached hydrogens (tertiary/aromatic N) is 1. The fourth-order valence-corrected chi connectivity index (χ4v) is 2.77. The molecule has 7 nitrogen and oxygen atoms in total. The highest BCUT2D eigenvalue weighted by atomic mass is 32.2. The third-order valence-corrected chi connectivity index (χ3v) is 3.70. The van der Waals surface area contributed by atoms with Crippen LogP contribution in [0.3, 0.4) is 0 Å². The number of carboxylic acids is 1. The van der Waals surface area contributed by atoms with Crippen molar-refractivity contribution in [2.75, 3.05) is 4.72 Å². The molecule has 0 aliphatic heterocycles. The van der Waals surface area contributed by atoms with E-state index in [4.69, 9.17) is 9.63 Å². The van der Waals surface area contributed by atoms with E-state index in [1.54, 1.807) is 6.92 Å². The van der Waals surface area contributed by atoms with Crippen molar-refractivity contribution in [3.05, 3.63) is 47.1 Å². The molecule has 0 aliphatic rings. The zero-order valence-corrected chi connectivity index (χ0v) is 11.6. The monoisotopic (exact) mass is 314 g/mol. The number of hydrogen-bond acceptors (Lipinski definition) is 5. The fraction of sp³-hybridized carbons (Fsp3) is 0.167. The number of carbonyl (C=O) groups is 1. The van der Waals surface area contributed by atoms with Crippen molar-refractivity contribution < 1.29 is 27.2 Å². The van der Waals surface area contributed by atoms with Crippen LogP contribution in [0.4, 0.5) is 10.1 Å². The Morgan fingerprint density at radius 3 is 2.71 bits per heavy atom. The molecule has 0 saturated carbocycles. The summed E-state index contributed by atoms with van der Waals surface area (Å²) in [6.45, 7) is 1.60. The summed E-state index contributed by atoms with van der Waals surface area (Å²) < 4.78 is 43.9. The maximum atomic E-state index is 13.2. The van der Waals surface area contributed by atoms with Crippen LogP contribution in [0.25, 0.3) is 0 Å². The van der Waals surface area contributed by atoms with Gasteiger partial charge in [-0.25, -0.2) is 17.6 Å². The smallest absolute Gasteiger partial charge is 0.337 e. The molecule has 0 unspecified atom stereocenters. The Morgan fingerprint density at radius 1 is 1.43 bits per heavy atom. The Hall–Kier alpha value is -2.42.